The SMILES string of the molecule is O=C(Cc1cccc([N+](=O)[O-])c1)Nc1cccnc1. The number of benzene rings is 1. The molecule has 0 unspecified atom stereocenters. The highest BCUT2D eigenvalue weighted by molar-refractivity contribution is 5.92. The van der Waals surface area contributed by atoms with E-state index in [0.717, 1.165) is 0 Å². The summed E-state index contributed by atoms with van der Waals surface area (Å²) in [6, 6.07) is 9.45. The fourth-order valence-electron chi connectivity index (χ4n) is 1.61. The molecule has 0 bridgehead atoms. The molecule has 19 heavy (non-hydrogen) atoms. The van der Waals surface area contributed by atoms with Crippen molar-refractivity contribution in [2.24, 2.45) is 0 Å². The van der Waals surface area contributed by atoms with Gasteiger partial charge in [-0.3, -0.25) is 19.9 Å². The van der Waals surface area contributed by atoms with Gasteiger partial charge in [-0.15, -0.1) is 0 Å². The molecule has 1 heterocycles. The molecule has 0 aliphatic rings. The Morgan fingerprint density at radius 2 is 2.16 bits per heavy atom. The van der Waals surface area contributed by atoms with Crippen LogP contribution in [0.25, 0.3) is 0 Å². The first-order valence-electron chi connectivity index (χ1n) is 5.58. The van der Waals surface area contributed by atoms with Gasteiger partial charge in [-0.1, -0.05) is 12.1 Å². The first kappa shape index (κ1) is 12.7. The summed E-state index contributed by atoms with van der Waals surface area (Å²) in [4.78, 5) is 25.8. The Morgan fingerprint density at radius 1 is 1.32 bits per heavy atom. The molecule has 0 fully saturated rings. The van der Waals surface area contributed by atoms with Crippen molar-refractivity contribution in [1.82, 2.24) is 4.98 Å². The van der Waals surface area contributed by atoms with Gasteiger partial charge < -0.3 is 5.32 Å². The van der Waals surface area contributed by atoms with E-state index < -0.39 is 4.92 Å². The molecule has 0 aliphatic carbocycles. The number of pyridine rings is 1. The summed E-state index contributed by atoms with van der Waals surface area (Å²) in [7, 11) is 0. The molecule has 0 saturated carbocycles. The van der Waals surface area contributed by atoms with Gasteiger partial charge in [-0.2, -0.15) is 0 Å². The van der Waals surface area contributed by atoms with E-state index in [0.29, 0.717) is 11.3 Å². The van der Waals surface area contributed by atoms with Crippen molar-refractivity contribution in [1.29, 1.82) is 0 Å². The highest BCUT2D eigenvalue weighted by Crippen LogP contribution is 2.14. The van der Waals surface area contributed by atoms with E-state index in [1.54, 1.807) is 30.5 Å². The number of amides is 1. The Hall–Kier alpha value is -2.76. The van der Waals surface area contributed by atoms with Gasteiger partial charge in [0.15, 0.2) is 0 Å². The Morgan fingerprint density at radius 3 is 2.84 bits per heavy atom. The number of anilines is 1. The van der Waals surface area contributed by atoms with Crippen LogP contribution in [0.3, 0.4) is 0 Å². The lowest BCUT2D eigenvalue weighted by atomic mass is 10.1. The number of hydrogen-bond acceptors (Lipinski definition) is 4. The summed E-state index contributed by atoms with van der Waals surface area (Å²) in [5.74, 6) is -0.242. The van der Waals surface area contributed by atoms with Crippen molar-refractivity contribution in [3.63, 3.8) is 0 Å². The lowest BCUT2D eigenvalue weighted by Crippen LogP contribution is -2.14. The van der Waals surface area contributed by atoms with E-state index in [2.05, 4.69) is 10.3 Å². The zero-order valence-corrected chi connectivity index (χ0v) is 9.95. The van der Waals surface area contributed by atoms with Crippen LogP contribution in [0.2, 0.25) is 0 Å². The number of non-ortho nitro benzene ring substituents is 1. The summed E-state index contributed by atoms with van der Waals surface area (Å²) in [6.45, 7) is 0. The molecule has 6 heteroatoms. The van der Waals surface area contributed by atoms with E-state index in [-0.39, 0.29) is 18.0 Å². The van der Waals surface area contributed by atoms with Crippen LogP contribution in [0.4, 0.5) is 11.4 Å². The van der Waals surface area contributed by atoms with Gasteiger partial charge in [-0.25, -0.2) is 0 Å². The normalized spacial score (nSPS) is 9.89. The molecule has 1 N–H and O–H groups in total. The molecule has 2 rings (SSSR count). The zero-order chi connectivity index (χ0) is 13.7. The third-order valence-corrected chi connectivity index (χ3v) is 2.43. The maximum absolute atomic E-state index is 11.8. The molecule has 0 spiro atoms. The standard InChI is InChI=1S/C13H11N3O3/c17-13(15-11-4-2-6-14-9-11)8-10-3-1-5-12(7-10)16(18)19/h1-7,9H,8H2,(H,15,17). The maximum Gasteiger partial charge on any atom is 0.269 e. The van der Waals surface area contributed by atoms with Gasteiger partial charge in [0.05, 0.1) is 23.2 Å². The molecule has 0 aliphatic heterocycles. The highest BCUT2D eigenvalue weighted by Gasteiger charge is 2.09. The fourth-order valence-corrected chi connectivity index (χ4v) is 1.61. The quantitative estimate of drug-likeness (QED) is 0.671. The van der Waals surface area contributed by atoms with E-state index in [1.807, 2.05) is 0 Å². The van der Waals surface area contributed by atoms with Crippen LogP contribution < -0.4 is 5.32 Å². The van der Waals surface area contributed by atoms with Crippen molar-refractivity contribution < 1.29 is 9.72 Å². The van der Waals surface area contributed by atoms with Crippen molar-refractivity contribution in [2.75, 3.05) is 5.32 Å². The van der Waals surface area contributed by atoms with Gasteiger partial charge >= 0.3 is 0 Å². The number of nitrogens with one attached hydrogen (secondary N) is 1. The minimum Gasteiger partial charge on any atom is -0.324 e. The van der Waals surface area contributed by atoms with Crippen LogP contribution >= 0.6 is 0 Å². The molecule has 0 saturated heterocycles. The van der Waals surface area contributed by atoms with Crippen molar-refractivity contribution in [3.05, 3.63) is 64.5 Å². The lowest BCUT2D eigenvalue weighted by Gasteiger charge is -2.04. The fraction of sp³-hybridized carbons (Fsp3) is 0.0769. The van der Waals surface area contributed by atoms with E-state index in [9.17, 15) is 14.9 Å². The topological polar surface area (TPSA) is 85.1 Å². The number of nitro benzene ring substituents is 1. The molecule has 0 radical (unpaired) electrons. The Bertz CT molecular complexity index is 599. The van der Waals surface area contributed by atoms with Gasteiger partial charge in [0.1, 0.15) is 0 Å². The van der Waals surface area contributed by atoms with Gasteiger partial charge in [-0.05, 0) is 17.7 Å². The van der Waals surface area contributed by atoms with Gasteiger partial charge in [0, 0.05) is 18.3 Å². The molecule has 96 valence electrons. The van der Waals surface area contributed by atoms with Crippen LogP contribution in [0.5, 0.6) is 0 Å². The summed E-state index contributed by atoms with van der Waals surface area (Å²) < 4.78 is 0. The second-order valence-electron chi connectivity index (χ2n) is 3.89. The largest absolute Gasteiger partial charge is 0.324 e. The Balaban J connectivity index is 2.03. The van der Waals surface area contributed by atoms with E-state index in [4.69, 9.17) is 0 Å². The van der Waals surface area contributed by atoms with Gasteiger partial charge in [0.2, 0.25) is 5.91 Å². The molecular formula is C13H11N3O3. The molecule has 1 aromatic carbocycles. The Labute approximate surface area is 109 Å². The molecule has 0 atom stereocenters. The third-order valence-electron chi connectivity index (χ3n) is 2.43. The zero-order valence-electron chi connectivity index (χ0n) is 9.95. The van der Waals surface area contributed by atoms with Crippen LogP contribution in [-0.4, -0.2) is 15.8 Å². The molecular weight excluding hydrogens is 246 g/mol. The molecule has 2 aromatic rings. The summed E-state index contributed by atoms with van der Waals surface area (Å²) >= 11 is 0. The predicted molar refractivity (Wildman–Crippen MR) is 69.7 cm³/mol. The van der Waals surface area contributed by atoms with Crippen LogP contribution in [0, 0.1) is 10.1 Å². The number of aromatic nitrogens is 1. The predicted octanol–water partition coefficient (Wildman–Crippen LogP) is 2.17. The van der Waals surface area contributed by atoms with Crippen LogP contribution in [0.1, 0.15) is 5.56 Å². The number of carbonyl (C=O) groups is 1. The van der Waals surface area contributed by atoms with E-state index >= 15 is 0 Å². The van der Waals surface area contributed by atoms with Crippen LogP contribution in [0.15, 0.2) is 48.8 Å². The van der Waals surface area contributed by atoms with Crippen LogP contribution in [-0.2, 0) is 11.2 Å². The van der Waals surface area contributed by atoms with Crippen molar-refractivity contribution in [3.8, 4) is 0 Å². The van der Waals surface area contributed by atoms with Crippen molar-refractivity contribution in [2.45, 2.75) is 6.42 Å². The highest BCUT2D eigenvalue weighted by atomic mass is 16.6. The minimum atomic E-state index is -0.484. The second-order valence-corrected chi connectivity index (χ2v) is 3.89. The average Bonchev–Trinajstić information content (AvgIpc) is 2.40. The smallest absolute Gasteiger partial charge is 0.269 e. The summed E-state index contributed by atoms with van der Waals surface area (Å²) in [6.07, 6.45) is 3.22. The maximum atomic E-state index is 11.8. The average molecular weight is 257 g/mol. The molecule has 1 amide bonds. The minimum absolute atomic E-state index is 0.0216. The Kier molecular flexibility index (Phi) is 3.82. The first-order chi connectivity index (χ1) is 9.15. The summed E-state index contributed by atoms with van der Waals surface area (Å²) in [5.41, 5.74) is 1.17. The molecule has 6 nitrogen and oxygen atoms in total. The number of nitro groups is 1. The molecule has 1 aromatic heterocycles. The second kappa shape index (κ2) is 5.72. The van der Waals surface area contributed by atoms with Gasteiger partial charge in [0.25, 0.3) is 5.69 Å². The third kappa shape index (κ3) is 3.60. The number of nitrogens with zero attached hydrogens (tertiary/aromatic N) is 2. The van der Waals surface area contributed by atoms with Crippen molar-refractivity contribution >= 4 is 17.3 Å². The van der Waals surface area contributed by atoms with E-state index in [1.165, 1.54) is 18.3 Å². The lowest BCUT2D eigenvalue weighted by molar-refractivity contribution is -0.384. The number of carbonyl (C=O) groups excluding carboxylic acids is 1. The number of rotatable bonds is 4. The first-order valence-corrected chi connectivity index (χ1v) is 5.58. The summed E-state index contributed by atoms with van der Waals surface area (Å²) in [5, 5.41) is 13.3. The monoisotopic (exact) mass is 257 g/mol. The number of hydrogen-bond donors (Lipinski definition) is 1.